The molecular formula is C16H22ClN3. The zero-order valence-corrected chi connectivity index (χ0v) is 13.5. The Hall–Kier alpha value is -1.32. The standard InChI is InChI=1S/C16H22ClN3/c1-11-12(2)20(10-18-11)15-7-6-13(8-14(15)17)9-19-16(3,4)5/h6-8,10,19H,9H2,1-5H3. The van der Waals surface area contributed by atoms with Crippen molar-refractivity contribution >= 4 is 11.6 Å². The van der Waals surface area contributed by atoms with Crippen LogP contribution in [0.3, 0.4) is 0 Å². The molecule has 0 fully saturated rings. The fraction of sp³-hybridized carbons (Fsp3) is 0.438. The lowest BCUT2D eigenvalue weighted by atomic mass is 10.1. The highest BCUT2D eigenvalue weighted by molar-refractivity contribution is 6.32. The number of hydrogen-bond acceptors (Lipinski definition) is 2. The van der Waals surface area contributed by atoms with Gasteiger partial charge >= 0.3 is 0 Å². The van der Waals surface area contributed by atoms with Crippen LogP contribution in [0.4, 0.5) is 0 Å². The highest BCUT2D eigenvalue weighted by atomic mass is 35.5. The molecule has 20 heavy (non-hydrogen) atoms. The molecular weight excluding hydrogens is 270 g/mol. The van der Waals surface area contributed by atoms with Crippen molar-refractivity contribution in [3.8, 4) is 5.69 Å². The largest absolute Gasteiger partial charge is 0.308 e. The number of rotatable bonds is 3. The lowest BCUT2D eigenvalue weighted by Gasteiger charge is -2.21. The summed E-state index contributed by atoms with van der Waals surface area (Å²) in [4.78, 5) is 4.32. The van der Waals surface area contributed by atoms with Crippen LogP contribution in [0.2, 0.25) is 5.02 Å². The second-order valence-electron chi connectivity index (χ2n) is 6.17. The zero-order chi connectivity index (χ0) is 14.9. The fourth-order valence-electron chi connectivity index (χ4n) is 1.96. The van der Waals surface area contributed by atoms with Crippen LogP contribution in [0.25, 0.3) is 5.69 Å². The summed E-state index contributed by atoms with van der Waals surface area (Å²) < 4.78 is 2.03. The Morgan fingerprint density at radius 1 is 1.25 bits per heavy atom. The Bertz CT molecular complexity index is 609. The summed E-state index contributed by atoms with van der Waals surface area (Å²) >= 11 is 6.42. The first kappa shape index (κ1) is 15.1. The molecule has 108 valence electrons. The van der Waals surface area contributed by atoms with Crippen molar-refractivity contribution in [3.05, 3.63) is 46.5 Å². The third-order valence-corrected chi connectivity index (χ3v) is 3.65. The van der Waals surface area contributed by atoms with Gasteiger partial charge in [-0.2, -0.15) is 0 Å². The Kier molecular flexibility index (Phi) is 4.21. The predicted molar refractivity (Wildman–Crippen MR) is 84.6 cm³/mol. The van der Waals surface area contributed by atoms with E-state index in [1.54, 1.807) is 0 Å². The van der Waals surface area contributed by atoms with E-state index in [9.17, 15) is 0 Å². The summed E-state index contributed by atoms with van der Waals surface area (Å²) in [6.07, 6.45) is 1.82. The second-order valence-corrected chi connectivity index (χ2v) is 6.58. The van der Waals surface area contributed by atoms with Gasteiger partial charge in [-0.15, -0.1) is 0 Å². The van der Waals surface area contributed by atoms with Crippen LogP contribution in [-0.4, -0.2) is 15.1 Å². The number of nitrogens with one attached hydrogen (secondary N) is 1. The summed E-state index contributed by atoms with van der Waals surface area (Å²) in [6.45, 7) is 11.3. The Morgan fingerprint density at radius 2 is 1.95 bits per heavy atom. The van der Waals surface area contributed by atoms with Crippen LogP contribution in [0.15, 0.2) is 24.5 Å². The van der Waals surface area contributed by atoms with Gasteiger partial charge in [0.1, 0.15) is 0 Å². The van der Waals surface area contributed by atoms with Crippen molar-refractivity contribution in [1.29, 1.82) is 0 Å². The van der Waals surface area contributed by atoms with Crippen molar-refractivity contribution in [3.63, 3.8) is 0 Å². The van der Waals surface area contributed by atoms with Gasteiger partial charge in [0, 0.05) is 17.8 Å². The number of imidazole rings is 1. The monoisotopic (exact) mass is 291 g/mol. The molecule has 0 saturated carbocycles. The number of halogens is 1. The van der Waals surface area contributed by atoms with Crippen LogP contribution in [0.5, 0.6) is 0 Å². The minimum absolute atomic E-state index is 0.100. The first-order chi connectivity index (χ1) is 9.28. The molecule has 0 amide bonds. The molecule has 3 nitrogen and oxygen atoms in total. The fourth-order valence-corrected chi connectivity index (χ4v) is 2.26. The van der Waals surface area contributed by atoms with E-state index in [4.69, 9.17) is 11.6 Å². The van der Waals surface area contributed by atoms with Gasteiger partial charge in [-0.05, 0) is 52.3 Å². The van der Waals surface area contributed by atoms with Gasteiger partial charge in [0.05, 0.1) is 22.7 Å². The molecule has 0 atom stereocenters. The number of benzene rings is 1. The topological polar surface area (TPSA) is 29.9 Å². The Morgan fingerprint density at radius 3 is 2.45 bits per heavy atom. The maximum absolute atomic E-state index is 6.42. The molecule has 2 aromatic rings. The van der Waals surface area contributed by atoms with Crippen molar-refractivity contribution in [2.75, 3.05) is 0 Å². The number of aromatic nitrogens is 2. The first-order valence-electron chi connectivity index (χ1n) is 6.82. The Balaban J connectivity index is 2.24. The van der Waals surface area contributed by atoms with Crippen molar-refractivity contribution in [2.24, 2.45) is 0 Å². The first-order valence-corrected chi connectivity index (χ1v) is 7.20. The molecule has 4 heteroatoms. The predicted octanol–water partition coefficient (Wildman–Crippen LogP) is 4.03. The van der Waals surface area contributed by atoms with E-state index in [-0.39, 0.29) is 5.54 Å². The molecule has 1 N–H and O–H groups in total. The van der Waals surface area contributed by atoms with Gasteiger partial charge < -0.3 is 9.88 Å². The molecule has 0 saturated heterocycles. The molecule has 0 aliphatic rings. The second kappa shape index (κ2) is 5.58. The van der Waals surface area contributed by atoms with Gasteiger partial charge in [0.25, 0.3) is 0 Å². The minimum atomic E-state index is 0.100. The normalized spacial score (nSPS) is 11.9. The van der Waals surface area contributed by atoms with Crippen LogP contribution < -0.4 is 5.32 Å². The molecule has 1 aromatic carbocycles. The van der Waals surface area contributed by atoms with Crippen LogP contribution >= 0.6 is 11.6 Å². The maximum atomic E-state index is 6.42. The van der Waals surface area contributed by atoms with E-state index in [1.165, 1.54) is 5.56 Å². The van der Waals surface area contributed by atoms with E-state index in [2.05, 4.69) is 43.2 Å². The molecule has 0 bridgehead atoms. The molecule has 0 aliphatic heterocycles. The number of aryl methyl sites for hydroxylation is 1. The van der Waals surface area contributed by atoms with Gasteiger partial charge in [-0.1, -0.05) is 17.7 Å². The number of nitrogens with zero attached hydrogens (tertiary/aromatic N) is 2. The van der Waals surface area contributed by atoms with Crippen LogP contribution in [-0.2, 0) is 6.54 Å². The molecule has 1 aromatic heterocycles. The highest BCUT2D eigenvalue weighted by Crippen LogP contribution is 2.24. The maximum Gasteiger partial charge on any atom is 0.0997 e. The third kappa shape index (κ3) is 3.41. The summed E-state index contributed by atoms with van der Waals surface area (Å²) in [5, 5.41) is 4.21. The van der Waals surface area contributed by atoms with Gasteiger partial charge in [-0.3, -0.25) is 0 Å². The average Bonchev–Trinajstić information content (AvgIpc) is 2.67. The highest BCUT2D eigenvalue weighted by Gasteiger charge is 2.11. The smallest absolute Gasteiger partial charge is 0.0997 e. The average molecular weight is 292 g/mol. The van der Waals surface area contributed by atoms with E-state index >= 15 is 0 Å². The summed E-state index contributed by atoms with van der Waals surface area (Å²) in [6, 6.07) is 6.18. The Labute approximate surface area is 126 Å². The van der Waals surface area contributed by atoms with Crippen molar-refractivity contribution in [2.45, 2.75) is 46.7 Å². The lowest BCUT2D eigenvalue weighted by molar-refractivity contribution is 0.424. The van der Waals surface area contributed by atoms with E-state index < -0.39 is 0 Å². The van der Waals surface area contributed by atoms with E-state index in [0.717, 1.165) is 28.6 Å². The molecule has 2 rings (SSSR count). The zero-order valence-electron chi connectivity index (χ0n) is 12.8. The van der Waals surface area contributed by atoms with Crippen LogP contribution in [0.1, 0.15) is 37.7 Å². The molecule has 0 aliphatic carbocycles. The van der Waals surface area contributed by atoms with E-state index in [1.807, 2.05) is 30.8 Å². The van der Waals surface area contributed by atoms with Gasteiger partial charge in [0.15, 0.2) is 0 Å². The van der Waals surface area contributed by atoms with Gasteiger partial charge in [-0.25, -0.2) is 4.98 Å². The van der Waals surface area contributed by atoms with Crippen molar-refractivity contribution < 1.29 is 0 Å². The summed E-state index contributed by atoms with van der Waals surface area (Å²) in [5.41, 5.74) is 4.41. The molecule has 0 spiro atoms. The van der Waals surface area contributed by atoms with Gasteiger partial charge in [0.2, 0.25) is 0 Å². The SMILES string of the molecule is Cc1ncn(-c2ccc(CNC(C)(C)C)cc2Cl)c1C. The van der Waals surface area contributed by atoms with E-state index in [0.29, 0.717) is 0 Å². The summed E-state index contributed by atoms with van der Waals surface area (Å²) in [7, 11) is 0. The van der Waals surface area contributed by atoms with Crippen LogP contribution in [0, 0.1) is 13.8 Å². The quantitative estimate of drug-likeness (QED) is 0.925. The number of hydrogen-bond donors (Lipinski definition) is 1. The minimum Gasteiger partial charge on any atom is -0.308 e. The molecule has 1 heterocycles. The van der Waals surface area contributed by atoms with Crippen molar-refractivity contribution in [1.82, 2.24) is 14.9 Å². The molecule has 0 unspecified atom stereocenters. The third-order valence-electron chi connectivity index (χ3n) is 3.35. The molecule has 0 radical (unpaired) electrons. The lowest BCUT2D eigenvalue weighted by Crippen LogP contribution is -2.35. The summed E-state index contributed by atoms with van der Waals surface area (Å²) in [5.74, 6) is 0.